The second-order valence-corrected chi connectivity index (χ2v) is 8.40. The number of benzene rings is 1. The van der Waals surface area contributed by atoms with E-state index in [2.05, 4.69) is 10.3 Å². The molecule has 146 valence electrons. The van der Waals surface area contributed by atoms with Crippen molar-refractivity contribution >= 4 is 23.2 Å². The third-order valence-electron chi connectivity index (χ3n) is 3.75. The number of pyridine rings is 1. The molecule has 0 saturated carbocycles. The largest absolute Gasteiger partial charge is 0.497 e. The van der Waals surface area contributed by atoms with Crippen LogP contribution in [0.5, 0.6) is 5.75 Å². The molecule has 0 unspecified atom stereocenters. The Morgan fingerprint density at radius 2 is 1.82 bits per heavy atom. The molecule has 0 saturated heterocycles. The first-order chi connectivity index (χ1) is 13.2. The quantitative estimate of drug-likeness (QED) is 0.626. The fourth-order valence-electron chi connectivity index (χ4n) is 2.62. The van der Waals surface area contributed by atoms with Crippen LogP contribution in [0.3, 0.4) is 0 Å². The Kier molecular flexibility index (Phi) is 5.65. The standard InChI is InChI=1S/C21H23N3O3S/c1-13-23-18(14-6-8-16(26-5)9-7-14)19(28-13)15-10-11-22-17(12-15)24-20(25)27-21(2,3)4/h6-12H,1-5H3,(H,22,24,25). The van der Waals surface area contributed by atoms with E-state index >= 15 is 0 Å². The summed E-state index contributed by atoms with van der Waals surface area (Å²) in [5.74, 6) is 1.23. The first-order valence-electron chi connectivity index (χ1n) is 8.83. The van der Waals surface area contributed by atoms with Crippen LogP contribution in [0, 0.1) is 6.92 Å². The average molecular weight is 398 g/mol. The Labute approximate surface area is 168 Å². The average Bonchev–Trinajstić information content (AvgIpc) is 3.02. The van der Waals surface area contributed by atoms with E-state index in [9.17, 15) is 4.79 Å². The number of nitrogens with one attached hydrogen (secondary N) is 1. The summed E-state index contributed by atoms with van der Waals surface area (Å²) >= 11 is 1.60. The van der Waals surface area contributed by atoms with Gasteiger partial charge in [-0.1, -0.05) is 0 Å². The molecule has 1 aromatic carbocycles. The van der Waals surface area contributed by atoms with Gasteiger partial charge in [-0.2, -0.15) is 0 Å². The molecule has 1 N–H and O–H groups in total. The summed E-state index contributed by atoms with van der Waals surface area (Å²) in [4.78, 5) is 22.0. The summed E-state index contributed by atoms with van der Waals surface area (Å²) in [6, 6.07) is 11.5. The lowest BCUT2D eigenvalue weighted by atomic mass is 10.1. The maximum atomic E-state index is 12.0. The molecule has 7 heteroatoms. The van der Waals surface area contributed by atoms with Crippen LogP contribution >= 0.6 is 11.3 Å². The number of rotatable bonds is 4. The highest BCUT2D eigenvalue weighted by Crippen LogP contribution is 2.37. The van der Waals surface area contributed by atoms with Gasteiger partial charge in [0, 0.05) is 11.8 Å². The predicted octanol–water partition coefficient (Wildman–Crippen LogP) is 5.54. The van der Waals surface area contributed by atoms with Crippen molar-refractivity contribution in [1.29, 1.82) is 0 Å². The molecule has 3 rings (SSSR count). The maximum absolute atomic E-state index is 12.0. The lowest BCUT2D eigenvalue weighted by Gasteiger charge is -2.19. The smallest absolute Gasteiger partial charge is 0.413 e. The molecule has 3 aromatic rings. The van der Waals surface area contributed by atoms with Gasteiger partial charge in [0.2, 0.25) is 0 Å². The number of hydrogen-bond acceptors (Lipinski definition) is 6. The van der Waals surface area contributed by atoms with E-state index in [0.717, 1.165) is 32.5 Å². The van der Waals surface area contributed by atoms with Crippen molar-refractivity contribution in [2.45, 2.75) is 33.3 Å². The first kappa shape index (κ1) is 19.8. The highest BCUT2D eigenvalue weighted by Gasteiger charge is 2.18. The molecule has 0 radical (unpaired) electrons. The lowest BCUT2D eigenvalue weighted by molar-refractivity contribution is 0.0635. The third kappa shape index (κ3) is 4.86. The Hall–Kier alpha value is -2.93. The molecule has 0 fully saturated rings. The zero-order chi connectivity index (χ0) is 20.3. The van der Waals surface area contributed by atoms with Crippen molar-refractivity contribution < 1.29 is 14.3 Å². The molecule has 6 nitrogen and oxygen atoms in total. The Morgan fingerprint density at radius 3 is 2.46 bits per heavy atom. The second-order valence-electron chi connectivity index (χ2n) is 7.20. The lowest BCUT2D eigenvalue weighted by Crippen LogP contribution is -2.27. The monoisotopic (exact) mass is 397 g/mol. The molecule has 0 spiro atoms. The zero-order valence-corrected chi connectivity index (χ0v) is 17.4. The fourth-order valence-corrected chi connectivity index (χ4v) is 3.55. The van der Waals surface area contributed by atoms with Crippen LogP contribution in [0.4, 0.5) is 10.6 Å². The Morgan fingerprint density at radius 1 is 1.11 bits per heavy atom. The number of nitrogens with zero attached hydrogens (tertiary/aromatic N) is 2. The van der Waals surface area contributed by atoms with Crippen LogP contribution < -0.4 is 10.1 Å². The molecule has 28 heavy (non-hydrogen) atoms. The number of aryl methyl sites for hydroxylation is 1. The van der Waals surface area contributed by atoms with Crippen molar-refractivity contribution in [1.82, 2.24) is 9.97 Å². The Bertz CT molecular complexity index is 975. The summed E-state index contributed by atoms with van der Waals surface area (Å²) in [5, 5.41) is 3.64. The van der Waals surface area contributed by atoms with E-state index in [1.807, 2.05) is 64.1 Å². The molecule has 2 heterocycles. The minimum absolute atomic E-state index is 0.429. The number of aromatic nitrogens is 2. The van der Waals surface area contributed by atoms with E-state index < -0.39 is 11.7 Å². The van der Waals surface area contributed by atoms with Gasteiger partial charge in [0.25, 0.3) is 0 Å². The highest BCUT2D eigenvalue weighted by molar-refractivity contribution is 7.15. The first-order valence-corrected chi connectivity index (χ1v) is 9.65. The number of thiazole rings is 1. The van der Waals surface area contributed by atoms with E-state index in [0.29, 0.717) is 5.82 Å². The van der Waals surface area contributed by atoms with Gasteiger partial charge in [0.15, 0.2) is 0 Å². The van der Waals surface area contributed by atoms with Crippen molar-refractivity contribution in [3.63, 3.8) is 0 Å². The van der Waals surface area contributed by atoms with Crippen LogP contribution in [-0.4, -0.2) is 28.8 Å². The van der Waals surface area contributed by atoms with Crippen molar-refractivity contribution in [2.75, 3.05) is 12.4 Å². The molecule has 0 bridgehead atoms. The molecule has 0 aliphatic rings. The van der Waals surface area contributed by atoms with E-state index in [1.165, 1.54) is 0 Å². The number of ether oxygens (including phenoxy) is 2. The van der Waals surface area contributed by atoms with Crippen LogP contribution in [-0.2, 0) is 4.74 Å². The summed E-state index contributed by atoms with van der Waals surface area (Å²) < 4.78 is 10.5. The van der Waals surface area contributed by atoms with Crippen molar-refractivity contribution in [2.24, 2.45) is 0 Å². The number of methoxy groups -OCH3 is 1. The molecular formula is C21H23N3O3S. The van der Waals surface area contributed by atoms with Crippen LogP contribution in [0.25, 0.3) is 21.7 Å². The van der Waals surface area contributed by atoms with Gasteiger partial charge in [0.05, 0.1) is 22.7 Å². The molecule has 1 amide bonds. The molecule has 0 aliphatic heterocycles. The van der Waals surface area contributed by atoms with Gasteiger partial charge in [0.1, 0.15) is 17.2 Å². The van der Waals surface area contributed by atoms with E-state index in [1.54, 1.807) is 24.6 Å². The minimum Gasteiger partial charge on any atom is -0.497 e. The van der Waals surface area contributed by atoms with Crippen molar-refractivity contribution in [3.05, 3.63) is 47.6 Å². The molecule has 0 aliphatic carbocycles. The Balaban J connectivity index is 1.91. The summed E-state index contributed by atoms with van der Waals surface area (Å²) in [7, 11) is 1.64. The molecular weight excluding hydrogens is 374 g/mol. The number of carbonyl (C=O) groups excluding carboxylic acids is 1. The number of hydrogen-bond donors (Lipinski definition) is 1. The normalized spacial score (nSPS) is 11.2. The van der Waals surface area contributed by atoms with Gasteiger partial charge in [-0.15, -0.1) is 11.3 Å². The van der Waals surface area contributed by atoms with Crippen LogP contribution in [0.15, 0.2) is 42.6 Å². The minimum atomic E-state index is -0.571. The summed E-state index contributed by atoms with van der Waals surface area (Å²) in [5.41, 5.74) is 2.24. The van der Waals surface area contributed by atoms with E-state index in [-0.39, 0.29) is 0 Å². The third-order valence-corrected chi connectivity index (χ3v) is 4.77. The van der Waals surface area contributed by atoms with Crippen LogP contribution in [0.2, 0.25) is 0 Å². The molecule has 2 aromatic heterocycles. The zero-order valence-electron chi connectivity index (χ0n) is 16.6. The van der Waals surface area contributed by atoms with Gasteiger partial charge in [-0.3, -0.25) is 5.32 Å². The van der Waals surface area contributed by atoms with Crippen molar-refractivity contribution in [3.8, 4) is 27.4 Å². The maximum Gasteiger partial charge on any atom is 0.413 e. The number of anilines is 1. The molecule has 0 atom stereocenters. The van der Waals surface area contributed by atoms with Gasteiger partial charge < -0.3 is 9.47 Å². The highest BCUT2D eigenvalue weighted by atomic mass is 32.1. The fraction of sp³-hybridized carbons (Fsp3) is 0.286. The summed E-state index contributed by atoms with van der Waals surface area (Å²) in [6.45, 7) is 7.43. The number of carbonyl (C=O) groups is 1. The predicted molar refractivity (Wildman–Crippen MR) is 112 cm³/mol. The van der Waals surface area contributed by atoms with Crippen LogP contribution in [0.1, 0.15) is 25.8 Å². The van der Waals surface area contributed by atoms with Gasteiger partial charge in [-0.25, -0.2) is 14.8 Å². The van der Waals surface area contributed by atoms with E-state index in [4.69, 9.17) is 14.5 Å². The topological polar surface area (TPSA) is 73.3 Å². The second kappa shape index (κ2) is 7.98. The van der Waals surface area contributed by atoms with Gasteiger partial charge in [-0.05, 0) is 69.7 Å². The summed E-state index contributed by atoms with van der Waals surface area (Å²) in [6.07, 6.45) is 1.13. The SMILES string of the molecule is COc1ccc(-c2nc(C)sc2-c2ccnc(NC(=O)OC(C)(C)C)c2)cc1. The van der Waals surface area contributed by atoms with Gasteiger partial charge >= 0.3 is 6.09 Å². The number of amides is 1.